The van der Waals surface area contributed by atoms with Gasteiger partial charge in [-0.25, -0.2) is 0 Å². The predicted octanol–water partition coefficient (Wildman–Crippen LogP) is 2.10. The summed E-state index contributed by atoms with van der Waals surface area (Å²) in [6, 6.07) is 12.9. The van der Waals surface area contributed by atoms with Gasteiger partial charge in [0.1, 0.15) is 42.8 Å². The first-order valence-electron chi connectivity index (χ1n) is 10.6. The van der Waals surface area contributed by atoms with Gasteiger partial charge in [0.25, 0.3) is 0 Å². The number of esters is 1. The lowest BCUT2D eigenvalue weighted by Gasteiger charge is -2.39. The molecule has 1 aliphatic heterocycles. The Morgan fingerprint density at radius 1 is 1.12 bits per heavy atom. The average Bonchev–Trinajstić information content (AvgIpc) is 2.82. The summed E-state index contributed by atoms with van der Waals surface area (Å²) in [5.74, 6) is 0.234. The molecule has 3 rings (SSSR count). The molecule has 0 saturated carbocycles. The lowest BCUT2D eigenvalue weighted by atomic mass is 9.90. The number of ether oxygens (including phenoxy) is 3. The van der Waals surface area contributed by atoms with Crippen molar-refractivity contribution in [1.29, 1.82) is 0 Å². The van der Waals surface area contributed by atoms with E-state index in [1.165, 1.54) is 13.3 Å². The molecular formula is C24H28ClNO7. The van der Waals surface area contributed by atoms with Crippen LogP contribution in [0.15, 0.2) is 47.5 Å². The van der Waals surface area contributed by atoms with Gasteiger partial charge >= 0.3 is 5.97 Å². The Bertz CT molecular complexity index is 966. The van der Waals surface area contributed by atoms with Crippen molar-refractivity contribution >= 4 is 23.8 Å². The van der Waals surface area contributed by atoms with Crippen molar-refractivity contribution in [2.24, 2.45) is 4.99 Å². The average molecular weight is 478 g/mol. The Balaban J connectivity index is 1.79. The Labute approximate surface area is 197 Å². The molecule has 0 aliphatic carbocycles. The molecule has 0 unspecified atom stereocenters. The molecule has 2 aromatic carbocycles. The lowest BCUT2D eigenvalue weighted by molar-refractivity contribution is -0.205. The normalized spacial score (nSPS) is 25.2. The number of aliphatic hydroxyl groups is 3. The van der Waals surface area contributed by atoms with Crippen LogP contribution >= 0.6 is 11.6 Å². The first-order chi connectivity index (χ1) is 15.8. The number of rotatable bonds is 8. The van der Waals surface area contributed by atoms with Gasteiger partial charge in [-0.05, 0) is 48.2 Å². The Kier molecular flexibility index (Phi) is 8.82. The van der Waals surface area contributed by atoms with E-state index in [0.29, 0.717) is 23.6 Å². The van der Waals surface area contributed by atoms with E-state index in [1.54, 1.807) is 18.2 Å². The smallest absolute Gasteiger partial charge is 0.327 e. The molecule has 1 heterocycles. The summed E-state index contributed by atoms with van der Waals surface area (Å²) in [7, 11) is 1.24. The molecule has 1 saturated heterocycles. The van der Waals surface area contributed by atoms with E-state index in [2.05, 4.69) is 9.73 Å². The first-order valence-corrected chi connectivity index (χ1v) is 11.0. The fourth-order valence-corrected chi connectivity index (χ4v) is 3.78. The SMILES string of the molecule is CCOc1ccc(Cc2cc([C@@H]3O[C@H](C=NCC(=O)OC)[C@@H](O)[C@H](O)[C@H]3O)ccc2Cl)cc1. The van der Waals surface area contributed by atoms with E-state index in [9.17, 15) is 20.1 Å². The molecule has 8 nitrogen and oxygen atoms in total. The van der Waals surface area contributed by atoms with Gasteiger partial charge in [0.2, 0.25) is 0 Å². The number of aliphatic imine (C=N–C) groups is 1. The third-order valence-corrected chi connectivity index (χ3v) is 5.75. The van der Waals surface area contributed by atoms with Crippen LogP contribution in [0.3, 0.4) is 0 Å². The molecule has 0 spiro atoms. The molecular weight excluding hydrogens is 450 g/mol. The van der Waals surface area contributed by atoms with Crippen LogP contribution < -0.4 is 4.74 Å². The third kappa shape index (κ3) is 6.31. The molecule has 33 heavy (non-hydrogen) atoms. The summed E-state index contributed by atoms with van der Waals surface area (Å²) in [5.41, 5.74) is 2.42. The number of nitrogens with zero attached hydrogens (tertiary/aromatic N) is 1. The molecule has 0 bridgehead atoms. The number of methoxy groups -OCH3 is 1. The van der Waals surface area contributed by atoms with Crippen molar-refractivity contribution in [3.63, 3.8) is 0 Å². The van der Waals surface area contributed by atoms with Gasteiger partial charge in [0, 0.05) is 11.2 Å². The fourth-order valence-electron chi connectivity index (χ4n) is 3.60. The summed E-state index contributed by atoms with van der Waals surface area (Å²) in [4.78, 5) is 15.2. The molecule has 178 valence electrons. The number of benzene rings is 2. The summed E-state index contributed by atoms with van der Waals surface area (Å²) in [6.45, 7) is 2.26. The van der Waals surface area contributed by atoms with Gasteiger partial charge in [-0.2, -0.15) is 0 Å². The monoisotopic (exact) mass is 477 g/mol. The van der Waals surface area contributed by atoms with Crippen LogP contribution in [-0.2, 0) is 20.7 Å². The fraction of sp³-hybridized carbons (Fsp3) is 0.417. The van der Waals surface area contributed by atoms with E-state index in [0.717, 1.165) is 16.9 Å². The molecule has 0 radical (unpaired) electrons. The highest BCUT2D eigenvalue weighted by Crippen LogP contribution is 2.34. The Morgan fingerprint density at radius 2 is 1.85 bits per heavy atom. The van der Waals surface area contributed by atoms with Crippen molar-refractivity contribution in [3.05, 3.63) is 64.2 Å². The second kappa shape index (κ2) is 11.6. The second-order valence-corrected chi connectivity index (χ2v) is 8.07. The second-order valence-electron chi connectivity index (χ2n) is 7.66. The molecule has 9 heteroatoms. The number of hydrogen-bond donors (Lipinski definition) is 3. The standard InChI is InChI=1S/C24H28ClNO7/c1-3-32-17-7-4-14(5-8-17)10-16-11-15(6-9-18(16)25)24-23(30)22(29)21(28)19(33-24)12-26-13-20(27)31-2/h4-9,11-12,19,21-24,28-30H,3,10,13H2,1-2H3/t19-,21-,22+,23-,24+/m1/s1. The zero-order chi connectivity index (χ0) is 24.0. The minimum Gasteiger partial charge on any atom is -0.494 e. The van der Waals surface area contributed by atoms with Gasteiger partial charge in [-0.15, -0.1) is 0 Å². The van der Waals surface area contributed by atoms with E-state index < -0.39 is 36.5 Å². The summed E-state index contributed by atoms with van der Waals surface area (Å²) in [6.07, 6.45) is -4.43. The highest BCUT2D eigenvalue weighted by atomic mass is 35.5. The van der Waals surface area contributed by atoms with Crippen LogP contribution in [0.2, 0.25) is 5.02 Å². The zero-order valence-electron chi connectivity index (χ0n) is 18.4. The van der Waals surface area contributed by atoms with Crippen LogP contribution in [0.25, 0.3) is 0 Å². The Hall–Kier alpha value is -2.49. The number of aliphatic hydroxyl groups excluding tert-OH is 3. The van der Waals surface area contributed by atoms with Crippen LogP contribution in [0.1, 0.15) is 29.7 Å². The van der Waals surface area contributed by atoms with Crippen LogP contribution in [0, 0.1) is 0 Å². The van der Waals surface area contributed by atoms with Crippen molar-refractivity contribution in [2.75, 3.05) is 20.3 Å². The highest BCUT2D eigenvalue weighted by molar-refractivity contribution is 6.31. The van der Waals surface area contributed by atoms with Gasteiger partial charge in [-0.3, -0.25) is 9.79 Å². The van der Waals surface area contributed by atoms with Gasteiger partial charge < -0.3 is 29.5 Å². The molecule has 2 aromatic rings. The number of halogens is 1. The maximum atomic E-state index is 11.3. The number of hydrogen-bond acceptors (Lipinski definition) is 8. The van der Waals surface area contributed by atoms with Gasteiger partial charge in [-0.1, -0.05) is 35.9 Å². The molecule has 3 N–H and O–H groups in total. The van der Waals surface area contributed by atoms with Crippen molar-refractivity contribution in [1.82, 2.24) is 0 Å². The number of carbonyl (C=O) groups excluding carboxylic acids is 1. The van der Waals surface area contributed by atoms with Crippen LogP contribution in [0.4, 0.5) is 0 Å². The van der Waals surface area contributed by atoms with Gasteiger partial charge in [0.15, 0.2) is 0 Å². The van der Waals surface area contributed by atoms with E-state index in [4.69, 9.17) is 21.1 Å². The highest BCUT2D eigenvalue weighted by Gasteiger charge is 2.43. The van der Waals surface area contributed by atoms with Crippen LogP contribution in [-0.4, -0.2) is 72.2 Å². The van der Waals surface area contributed by atoms with Crippen molar-refractivity contribution < 1.29 is 34.3 Å². The van der Waals surface area contributed by atoms with Crippen molar-refractivity contribution in [3.8, 4) is 5.75 Å². The molecule has 0 amide bonds. The van der Waals surface area contributed by atoms with E-state index >= 15 is 0 Å². The third-order valence-electron chi connectivity index (χ3n) is 5.38. The summed E-state index contributed by atoms with van der Waals surface area (Å²) < 4.78 is 15.8. The minimum absolute atomic E-state index is 0.250. The largest absolute Gasteiger partial charge is 0.494 e. The lowest BCUT2D eigenvalue weighted by Crippen LogP contribution is -2.54. The van der Waals surface area contributed by atoms with Gasteiger partial charge in [0.05, 0.1) is 13.7 Å². The molecule has 5 atom stereocenters. The van der Waals surface area contributed by atoms with E-state index in [-0.39, 0.29) is 6.54 Å². The maximum Gasteiger partial charge on any atom is 0.327 e. The quantitative estimate of drug-likeness (QED) is 0.393. The zero-order valence-corrected chi connectivity index (χ0v) is 19.2. The maximum absolute atomic E-state index is 11.3. The first kappa shape index (κ1) is 25.1. The topological polar surface area (TPSA) is 118 Å². The number of carbonyl (C=O) groups is 1. The minimum atomic E-state index is -1.47. The van der Waals surface area contributed by atoms with E-state index in [1.807, 2.05) is 31.2 Å². The Morgan fingerprint density at radius 3 is 2.52 bits per heavy atom. The molecule has 1 fully saturated rings. The molecule has 1 aliphatic rings. The summed E-state index contributed by atoms with van der Waals surface area (Å²) >= 11 is 6.41. The van der Waals surface area contributed by atoms with Crippen LogP contribution in [0.5, 0.6) is 5.75 Å². The molecule has 0 aromatic heterocycles. The summed E-state index contributed by atoms with van der Waals surface area (Å²) in [5, 5.41) is 31.7. The van der Waals surface area contributed by atoms with Crippen molar-refractivity contribution in [2.45, 2.75) is 43.9 Å². The predicted molar refractivity (Wildman–Crippen MR) is 123 cm³/mol.